The number of halogens is 1. The zero-order valence-corrected chi connectivity index (χ0v) is 18.6. The SMILES string of the molecule is O=C(Cn1cc(/C=C2/SC(=O)N(c3ccccc3)C2=O)c2ccccc21)Nc1ccc(F)cc1. The monoisotopic (exact) mass is 471 g/mol. The van der Waals surface area contributed by atoms with Gasteiger partial charge in [-0.25, -0.2) is 9.29 Å². The van der Waals surface area contributed by atoms with Crippen molar-refractivity contribution < 1.29 is 18.8 Å². The standard InChI is InChI=1S/C26H18FN3O3S/c27-18-10-12-19(13-11-18)28-24(31)16-29-15-17(21-8-4-5-9-22(21)29)14-23-25(32)30(26(33)34-23)20-6-2-1-3-7-20/h1-15H,16H2,(H,28,31)/b23-14+. The fraction of sp³-hybridized carbons (Fsp3) is 0.0385. The molecule has 0 unspecified atom stereocenters. The Labute approximate surface area is 198 Å². The van der Waals surface area contributed by atoms with Crippen molar-refractivity contribution in [2.75, 3.05) is 10.2 Å². The third kappa shape index (κ3) is 4.23. The number of rotatable bonds is 5. The molecule has 1 aliphatic rings. The molecule has 0 saturated carbocycles. The van der Waals surface area contributed by atoms with Gasteiger partial charge in [-0.1, -0.05) is 36.4 Å². The number of hydrogen-bond acceptors (Lipinski definition) is 4. The summed E-state index contributed by atoms with van der Waals surface area (Å²) in [6, 6.07) is 21.9. The number of amides is 3. The van der Waals surface area contributed by atoms with Crippen molar-refractivity contribution in [3.8, 4) is 0 Å². The number of hydrogen-bond donors (Lipinski definition) is 1. The van der Waals surface area contributed by atoms with Crippen molar-refractivity contribution in [1.82, 2.24) is 4.57 Å². The number of aromatic nitrogens is 1. The van der Waals surface area contributed by atoms with Crippen molar-refractivity contribution in [3.05, 3.63) is 101 Å². The molecular formula is C26H18FN3O3S. The van der Waals surface area contributed by atoms with E-state index in [2.05, 4.69) is 5.32 Å². The molecule has 0 atom stereocenters. The van der Waals surface area contributed by atoms with Crippen molar-refractivity contribution in [2.24, 2.45) is 0 Å². The maximum atomic E-state index is 13.1. The number of anilines is 2. The summed E-state index contributed by atoms with van der Waals surface area (Å²) in [6.07, 6.45) is 3.47. The number of imide groups is 1. The van der Waals surface area contributed by atoms with E-state index in [1.165, 1.54) is 24.3 Å². The molecule has 8 heteroatoms. The van der Waals surface area contributed by atoms with E-state index in [-0.39, 0.29) is 29.4 Å². The minimum absolute atomic E-state index is 0.0250. The van der Waals surface area contributed by atoms with Crippen LogP contribution in [0.3, 0.4) is 0 Å². The van der Waals surface area contributed by atoms with Crippen LogP contribution in [0.2, 0.25) is 0 Å². The van der Waals surface area contributed by atoms with Crippen molar-refractivity contribution in [1.29, 1.82) is 0 Å². The Morgan fingerprint density at radius 3 is 2.41 bits per heavy atom. The molecule has 0 bridgehead atoms. The van der Waals surface area contributed by atoms with Gasteiger partial charge in [-0.2, -0.15) is 0 Å². The molecule has 1 fully saturated rings. The van der Waals surface area contributed by atoms with Crippen molar-refractivity contribution >= 4 is 57.2 Å². The van der Waals surface area contributed by atoms with Crippen LogP contribution < -0.4 is 10.2 Å². The summed E-state index contributed by atoms with van der Waals surface area (Å²) in [5.41, 5.74) is 2.56. The van der Waals surface area contributed by atoms with Gasteiger partial charge in [-0.15, -0.1) is 0 Å². The second-order valence-electron chi connectivity index (χ2n) is 7.64. The Morgan fingerprint density at radius 1 is 0.941 bits per heavy atom. The first-order valence-electron chi connectivity index (χ1n) is 10.5. The van der Waals surface area contributed by atoms with Crippen LogP contribution in [0.5, 0.6) is 0 Å². The minimum Gasteiger partial charge on any atom is -0.337 e. The van der Waals surface area contributed by atoms with Gasteiger partial charge in [0.1, 0.15) is 12.4 Å². The van der Waals surface area contributed by atoms with Crippen molar-refractivity contribution in [3.63, 3.8) is 0 Å². The fourth-order valence-electron chi connectivity index (χ4n) is 3.82. The highest BCUT2D eigenvalue weighted by atomic mass is 32.2. The van der Waals surface area contributed by atoms with E-state index in [1.807, 2.05) is 30.3 Å². The molecule has 34 heavy (non-hydrogen) atoms. The molecule has 1 aliphatic heterocycles. The molecule has 3 aromatic carbocycles. The van der Waals surface area contributed by atoms with Gasteiger partial charge in [0, 0.05) is 28.4 Å². The summed E-state index contributed by atoms with van der Waals surface area (Å²) >= 11 is 0.885. The fourth-order valence-corrected chi connectivity index (χ4v) is 4.65. The van der Waals surface area contributed by atoms with E-state index in [4.69, 9.17) is 0 Å². The number of nitrogens with one attached hydrogen (secondary N) is 1. The first kappa shape index (κ1) is 21.7. The average molecular weight is 472 g/mol. The van der Waals surface area contributed by atoms with Crippen LogP contribution in [0.25, 0.3) is 17.0 Å². The van der Waals surface area contributed by atoms with Gasteiger partial charge in [-0.3, -0.25) is 14.4 Å². The zero-order chi connectivity index (χ0) is 23.7. The number of fused-ring (bicyclic) bond motifs is 1. The van der Waals surface area contributed by atoms with E-state index in [1.54, 1.807) is 41.1 Å². The van der Waals surface area contributed by atoms with Gasteiger partial charge in [0.25, 0.3) is 11.1 Å². The van der Waals surface area contributed by atoms with Gasteiger partial charge in [-0.05, 0) is 60.3 Å². The Morgan fingerprint density at radius 2 is 1.65 bits per heavy atom. The first-order valence-corrected chi connectivity index (χ1v) is 11.3. The zero-order valence-electron chi connectivity index (χ0n) is 17.8. The lowest BCUT2D eigenvalue weighted by Crippen LogP contribution is -2.27. The molecule has 1 N–H and O–H groups in total. The summed E-state index contributed by atoms with van der Waals surface area (Å²) in [7, 11) is 0. The lowest BCUT2D eigenvalue weighted by molar-refractivity contribution is -0.116. The summed E-state index contributed by atoms with van der Waals surface area (Å²) in [5.74, 6) is -1.04. The van der Waals surface area contributed by atoms with Gasteiger partial charge in [0.05, 0.1) is 10.6 Å². The van der Waals surface area contributed by atoms with E-state index in [0.29, 0.717) is 16.3 Å². The van der Waals surface area contributed by atoms with Crippen LogP contribution in [0.15, 0.2) is 90.0 Å². The Hall–Kier alpha value is -4.17. The Kier molecular flexibility index (Phi) is 5.73. The second-order valence-corrected chi connectivity index (χ2v) is 8.63. The maximum absolute atomic E-state index is 13.1. The van der Waals surface area contributed by atoms with E-state index >= 15 is 0 Å². The van der Waals surface area contributed by atoms with E-state index in [0.717, 1.165) is 33.1 Å². The summed E-state index contributed by atoms with van der Waals surface area (Å²) in [6.45, 7) is 0.0250. The molecule has 2 heterocycles. The summed E-state index contributed by atoms with van der Waals surface area (Å²) in [5, 5.41) is 3.24. The first-order chi connectivity index (χ1) is 16.5. The molecule has 0 radical (unpaired) electrons. The Balaban J connectivity index is 1.43. The molecule has 3 amide bonds. The largest absolute Gasteiger partial charge is 0.337 e. The topological polar surface area (TPSA) is 71.4 Å². The number of carbonyl (C=O) groups excluding carboxylic acids is 3. The van der Waals surface area contributed by atoms with Gasteiger partial charge >= 0.3 is 0 Å². The molecule has 1 aromatic heterocycles. The molecule has 0 aliphatic carbocycles. The highest BCUT2D eigenvalue weighted by Crippen LogP contribution is 2.36. The van der Waals surface area contributed by atoms with Gasteiger partial charge in [0.15, 0.2) is 0 Å². The predicted molar refractivity (Wildman–Crippen MR) is 132 cm³/mol. The lowest BCUT2D eigenvalue weighted by atomic mass is 10.1. The molecule has 168 valence electrons. The second kappa shape index (κ2) is 8.99. The maximum Gasteiger partial charge on any atom is 0.298 e. The third-order valence-corrected chi connectivity index (χ3v) is 6.23. The number of para-hydroxylation sites is 2. The lowest BCUT2D eigenvalue weighted by Gasteiger charge is -2.11. The van der Waals surface area contributed by atoms with Gasteiger partial charge < -0.3 is 9.88 Å². The van der Waals surface area contributed by atoms with Crippen LogP contribution in [-0.2, 0) is 16.1 Å². The molecule has 0 spiro atoms. The van der Waals surface area contributed by atoms with E-state index in [9.17, 15) is 18.8 Å². The average Bonchev–Trinajstić information content (AvgIpc) is 3.32. The van der Waals surface area contributed by atoms with Crippen molar-refractivity contribution in [2.45, 2.75) is 6.54 Å². The molecule has 6 nitrogen and oxygen atoms in total. The van der Waals surface area contributed by atoms with Crippen LogP contribution in [0, 0.1) is 5.82 Å². The number of nitrogens with zero attached hydrogens (tertiary/aromatic N) is 2. The van der Waals surface area contributed by atoms with Crippen LogP contribution in [-0.4, -0.2) is 21.6 Å². The quantitative estimate of drug-likeness (QED) is 0.381. The smallest absolute Gasteiger partial charge is 0.298 e. The third-order valence-electron chi connectivity index (χ3n) is 5.36. The Bertz CT molecular complexity index is 1450. The minimum atomic E-state index is -0.382. The summed E-state index contributed by atoms with van der Waals surface area (Å²) in [4.78, 5) is 39.6. The van der Waals surface area contributed by atoms with E-state index < -0.39 is 0 Å². The normalized spacial score (nSPS) is 14.9. The van der Waals surface area contributed by atoms with Crippen LogP contribution >= 0.6 is 11.8 Å². The predicted octanol–water partition coefficient (Wildman–Crippen LogP) is 5.66. The highest BCUT2D eigenvalue weighted by molar-refractivity contribution is 8.19. The van der Waals surface area contributed by atoms with Crippen LogP contribution in [0.4, 0.5) is 20.6 Å². The van der Waals surface area contributed by atoms with Crippen LogP contribution in [0.1, 0.15) is 5.56 Å². The highest BCUT2D eigenvalue weighted by Gasteiger charge is 2.36. The molecule has 1 saturated heterocycles. The molecule has 5 rings (SSSR count). The number of benzene rings is 3. The molecular weight excluding hydrogens is 453 g/mol. The number of carbonyl (C=O) groups is 3. The molecule has 4 aromatic rings. The number of thioether (sulfide) groups is 1. The van der Waals surface area contributed by atoms with Gasteiger partial charge in [0.2, 0.25) is 5.91 Å². The summed E-state index contributed by atoms with van der Waals surface area (Å²) < 4.78 is 14.9.